The summed E-state index contributed by atoms with van der Waals surface area (Å²) in [5.41, 5.74) is 26.6. The average molecular weight is 1080 g/mol. The minimum Gasteiger partial charge on any atom is -0.308 e. The molecule has 12 rings (SSSR count). The quantitative estimate of drug-likeness (QED) is 0.160. The van der Waals surface area contributed by atoms with Crippen LogP contribution < -0.4 is 0 Å². The van der Waals surface area contributed by atoms with Gasteiger partial charge in [0.05, 0.1) is 62.3 Å². The third-order valence-corrected chi connectivity index (χ3v) is 16.8. The zero-order valence-corrected chi connectivity index (χ0v) is 48.4. The highest BCUT2D eigenvalue weighted by molar-refractivity contribution is 6.15. The van der Waals surface area contributed by atoms with Gasteiger partial charge >= 0.3 is 6.18 Å². The second-order valence-corrected chi connectivity index (χ2v) is 23.1. The van der Waals surface area contributed by atoms with Crippen LogP contribution in [0.5, 0.6) is 0 Å². The van der Waals surface area contributed by atoms with Gasteiger partial charge in [0.15, 0.2) is 0 Å². The number of alkyl halides is 3. The molecule has 10 aromatic carbocycles. The maximum atomic E-state index is 15.4. The van der Waals surface area contributed by atoms with E-state index in [-0.39, 0.29) is 11.1 Å². The van der Waals surface area contributed by atoms with Crippen molar-refractivity contribution in [2.75, 3.05) is 0 Å². The molecule has 2 heterocycles. The van der Waals surface area contributed by atoms with Crippen LogP contribution in [-0.2, 0) is 6.18 Å². The molecule has 0 aliphatic heterocycles. The van der Waals surface area contributed by atoms with E-state index in [4.69, 9.17) is 0 Å². The average Bonchev–Trinajstić information content (AvgIpc) is 4.08. The number of benzene rings is 10. The van der Waals surface area contributed by atoms with Crippen LogP contribution in [0.4, 0.5) is 13.2 Å². The molecule has 0 N–H and O–H groups in total. The van der Waals surface area contributed by atoms with Crippen molar-refractivity contribution in [1.82, 2.24) is 9.13 Å². The summed E-state index contributed by atoms with van der Waals surface area (Å²) in [6.07, 6.45) is -4.79. The van der Waals surface area contributed by atoms with Gasteiger partial charge in [-0.25, -0.2) is 0 Å². The lowest BCUT2D eigenvalue weighted by Gasteiger charge is -2.22. The Bertz CT molecular complexity index is 4250. The second-order valence-electron chi connectivity index (χ2n) is 23.1. The van der Waals surface area contributed by atoms with Gasteiger partial charge in [-0.1, -0.05) is 95.1 Å². The maximum absolute atomic E-state index is 15.4. The number of aryl methyl sites for hydroxylation is 12. The minimum absolute atomic E-state index is 0.139. The minimum atomic E-state index is -4.79. The fourth-order valence-corrected chi connectivity index (χ4v) is 14.1. The van der Waals surface area contributed by atoms with E-state index in [1.165, 1.54) is 22.3 Å². The number of hydrogen-bond donors (Lipinski definition) is 0. The van der Waals surface area contributed by atoms with Gasteiger partial charge in [0.2, 0.25) is 0 Å². The van der Waals surface area contributed by atoms with E-state index in [1.807, 2.05) is 0 Å². The number of aromatic nitrogens is 2. The Kier molecular flexibility index (Phi) is 12.8. The molecule has 2 aromatic heterocycles. The van der Waals surface area contributed by atoms with Gasteiger partial charge in [-0.15, -0.1) is 0 Å². The number of fused-ring (bicyclic) bond motifs is 6. The Hall–Kier alpha value is -9.43. The maximum Gasteiger partial charge on any atom is 0.416 e. The van der Waals surface area contributed by atoms with Crippen molar-refractivity contribution >= 4 is 43.6 Å². The molecule has 402 valence electrons. The van der Waals surface area contributed by atoms with E-state index >= 15 is 13.2 Å². The van der Waals surface area contributed by atoms with Crippen molar-refractivity contribution in [2.45, 2.75) is 89.3 Å². The summed E-state index contributed by atoms with van der Waals surface area (Å²) in [6.45, 7) is 25.5. The summed E-state index contributed by atoms with van der Waals surface area (Å²) in [5.74, 6) is 0. The zero-order chi connectivity index (χ0) is 58.0. The molecule has 0 aliphatic rings. The topological polar surface area (TPSA) is 57.4 Å². The summed E-state index contributed by atoms with van der Waals surface area (Å²) in [5, 5.41) is 25.6. The van der Waals surface area contributed by atoms with Gasteiger partial charge in [-0.05, 0) is 257 Å². The van der Waals surface area contributed by atoms with E-state index in [0.717, 1.165) is 145 Å². The molecule has 0 radical (unpaired) electrons. The first-order valence-corrected chi connectivity index (χ1v) is 27.8. The van der Waals surface area contributed by atoms with Gasteiger partial charge in [0.1, 0.15) is 0 Å². The first-order valence-electron chi connectivity index (χ1n) is 27.8. The molecular formula is C75H61F3N4. The van der Waals surface area contributed by atoms with Gasteiger partial charge in [0.25, 0.3) is 0 Å². The highest BCUT2D eigenvalue weighted by Crippen LogP contribution is 2.48. The van der Waals surface area contributed by atoms with E-state index < -0.39 is 11.7 Å². The molecule has 0 unspecified atom stereocenters. The summed E-state index contributed by atoms with van der Waals surface area (Å²) in [7, 11) is 0. The molecule has 0 bridgehead atoms. The highest BCUT2D eigenvalue weighted by Gasteiger charge is 2.33. The third kappa shape index (κ3) is 8.84. The van der Waals surface area contributed by atoms with Gasteiger partial charge in [0, 0.05) is 27.1 Å². The van der Waals surface area contributed by atoms with Crippen molar-refractivity contribution in [3.63, 3.8) is 0 Å². The largest absolute Gasteiger partial charge is 0.416 e. The molecule has 0 amide bonds. The zero-order valence-electron chi connectivity index (χ0n) is 48.4. The molecule has 0 spiro atoms. The fraction of sp³-hybridized carbons (Fsp3) is 0.173. The Morgan fingerprint density at radius 2 is 0.573 bits per heavy atom. The molecule has 12 aromatic rings. The number of rotatable bonds is 7. The summed E-state index contributed by atoms with van der Waals surface area (Å²) in [4.78, 5) is 0. The smallest absolute Gasteiger partial charge is 0.308 e. The molecule has 0 atom stereocenters. The van der Waals surface area contributed by atoms with Gasteiger partial charge in [-0.3, -0.25) is 0 Å². The number of nitriles is 2. The third-order valence-electron chi connectivity index (χ3n) is 16.8. The van der Waals surface area contributed by atoms with E-state index in [0.29, 0.717) is 22.5 Å². The van der Waals surface area contributed by atoms with Crippen LogP contribution in [0.2, 0.25) is 0 Å². The first kappa shape index (κ1) is 53.2. The number of nitrogens with zero attached hydrogens (tertiary/aromatic N) is 4. The molecule has 4 nitrogen and oxygen atoms in total. The number of hydrogen-bond acceptors (Lipinski definition) is 2. The highest BCUT2D eigenvalue weighted by atomic mass is 19.4. The summed E-state index contributed by atoms with van der Waals surface area (Å²) < 4.78 is 50.3. The monoisotopic (exact) mass is 1070 g/mol. The van der Waals surface area contributed by atoms with Crippen LogP contribution in [-0.4, -0.2) is 9.13 Å². The van der Waals surface area contributed by atoms with Crippen molar-refractivity contribution in [2.24, 2.45) is 0 Å². The van der Waals surface area contributed by atoms with Gasteiger partial charge in [-0.2, -0.15) is 23.7 Å². The lowest BCUT2D eigenvalue weighted by molar-refractivity contribution is -0.137. The Balaban J connectivity index is 1.25. The SMILES string of the molecule is Cc1cc(C)c(-c2ccc3c(c2)c2cc(-c4c(C)cc(C)cc4C)ccc2n3-c2cc(C#N)cc(-n3c4ccc(-c5c(C)cc(C)cc5C)cc4c4cc(-c5c(C)cc(C)cc5C)ccc43)c2-c2cc(C#N)cc(C(F)(F)F)c2)c(C)c1. The predicted octanol–water partition coefficient (Wildman–Crippen LogP) is 20.7. The van der Waals surface area contributed by atoms with Crippen molar-refractivity contribution in [3.8, 4) is 79.1 Å². The summed E-state index contributed by atoms with van der Waals surface area (Å²) >= 11 is 0. The lowest BCUT2D eigenvalue weighted by atomic mass is 9.91. The molecule has 82 heavy (non-hydrogen) atoms. The van der Waals surface area contributed by atoms with E-state index in [9.17, 15) is 10.5 Å². The van der Waals surface area contributed by atoms with E-state index in [2.05, 4.69) is 226 Å². The molecular weight excluding hydrogens is 1010 g/mol. The molecule has 0 saturated carbocycles. The molecule has 0 aliphatic carbocycles. The van der Waals surface area contributed by atoms with Crippen molar-refractivity contribution < 1.29 is 13.2 Å². The fourth-order valence-electron chi connectivity index (χ4n) is 14.1. The predicted molar refractivity (Wildman–Crippen MR) is 334 cm³/mol. The standard InChI is InChI=1S/C75H61F3N4/c1-40-21-44(5)70(45(6)22-40)54-13-17-64-60(34-54)61-35-55(71-46(7)23-41(2)24-47(71)8)14-18-65(61)81(64)68-31-53(39-80)32-69(74(68)58-29-52(38-79)30-59(33-58)75(76,77)78)82-66-19-15-56(72-48(9)25-42(3)26-49(72)10)36-62(66)63-37-57(16-20-67(63)82)73-50(11)27-43(4)28-51(73)12/h13-37H,1-12H3. The lowest BCUT2D eigenvalue weighted by Crippen LogP contribution is -2.08. The van der Waals surface area contributed by atoms with E-state index in [1.54, 1.807) is 18.2 Å². The first-order chi connectivity index (χ1) is 39.1. The van der Waals surface area contributed by atoms with Crippen LogP contribution in [0.3, 0.4) is 0 Å². The van der Waals surface area contributed by atoms with Crippen LogP contribution in [0.15, 0.2) is 152 Å². The van der Waals surface area contributed by atoms with Crippen LogP contribution in [0.1, 0.15) is 83.5 Å². The molecule has 0 fully saturated rings. The second kappa shape index (κ2) is 19.7. The Labute approximate surface area is 477 Å². The summed E-state index contributed by atoms with van der Waals surface area (Å²) in [6, 6.07) is 55.3. The van der Waals surface area contributed by atoms with Gasteiger partial charge < -0.3 is 9.13 Å². The van der Waals surface area contributed by atoms with Crippen molar-refractivity contribution in [3.05, 3.63) is 235 Å². The van der Waals surface area contributed by atoms with Crippen LogP contribution in [0, 0.1) is 106 Å². The Morgan fingerprint density at radius 1 is 0.305 bits per heavy atom. The molecule has 0 saturated heterocycles. The van der Waals surface area contributed by atoms with Crippen molar-refractivity contribution in [1.29, 1.82) is 10.5 Å². The number of halogens is 3. The molecule has 7 heteroatoms. The Morgan fingerprint density at radius 3 is 0.829 bits per heavy atom. The normalized spacial score (nSPS) is 11.8. The van der Waals surface area contributed by atoms with Crippen LogP contribution >= 0.6 is 0 Å². The van der Waals surface area contributed by atoms with Crippen LogP contribution in [0.25, 0.3) is 111 Å².